The van der Waals surface area contributed by atoms with Gasteiger partial charge in [0.05, 0.1) is 55.8 Å². The number of carbonyl (C=O) groups excluding carboxylic acids is 2. The summed E-state index contributed by atoms with van der Waals surface area (Å²) >= 11 is 0. The Morgan fingerprint density at radius 1 is 0.712 bits per heavy atom. The van der Waals surface area contributed by atoms with Crippen molar-refractivity contribution < 1.29 is 82.9 Å². The Morgan fingerprint density at radius 2 is 1.36 bits per heavy atom. The highest BCUT2D eigenvalue weighted by Gasteiger charge is 2.58. The molecule has 18 heteroatoms. The molecule has 5 rings (SSSR count). The van der Waals surface area contributed by atoms with Crippen LogP contribution in [-0.2, 0) is 52.2 Å². The van der Waals surface area contributed by atoms with E-state index in [0.717, 1.165) is 0 Å². The fourth-order valence-corrected chi connectivity index (χ4v) is 9.36. The molecule has 5 aliphatic rings. The van der Waals surface area contributed by atoms with Gasteiger partial charge in [0.2, 0.25) is 0 Å². The number of carbonyl (C=O) groups is 2. The van der Waals surface area contributed by atoms with E-state index in [-0.39, 0.29) is 31.3 Å². The Morgan fingerprint density at radius 3 is 1.95 bits per heavy atom. The van der Waals surface area contributed by atoms with Gasteiger partial charge in [-0.3, -0.25) is 9.59 Å². The van der Waals surface area contributed by atoms with E-state index in [1.165, 1.54) is 7.11 Å². The first-order valence-electron chi connectivity index (χ1n) is 21.2. The third-order valence-corrected chi connectivity index (χ3v) is 13.5. The van der Waals surface area contributed by atoms with Crippen LogP contribution in [-0.4, -0.2) is 192 Å². The number of aliphatic hydroxyl groups excluding tert-OH is 6. The topological polar surface area (TPSA) is 245 Å². The zero-order chi connectivity index (χ0) is 43.8. The molecule has 0 amide bonds. The second-order valence-electron chi connectivity index (χ2n) is 18.1. The van der Waals surface area contributed by atoms with Crippen LogP contribution in [0.25, 0.3) is 0 Å². The lowest BCUT2D eigenvalue weighted by Crippen LogP contribution is -2.63. The molecule has 0 aromatic carbocycles. The van der Waals surface area contributed by atoms with Crippen molar-refractivity contribution in [2.24, 2.45) is 29.6 Å². The minimum atomic E-state index is -1.69. The van der Waals surface area contributed by atoms with E-state index in [0.29, 0.717) is 6.42 Å². The molecule has 0 radical (unpaired) electrons. The number of ether oxygens (including phenoxy) is 9. The summed E-state index contributed by atoms with van der Waals surface area (Å²) in [5.41, 5.74) is -1.21. The van der Waals surface area contributed by atoms with E-state index in [4.69, 9.17) is 42.6 Å². The third-order valence-electron chi connectivity index (χ3n) is 13.5. The SMILES string of the molecule is CO[C@H]1C[C@H](O[C@H]2[C@H](C)[C@@H](O[C@@H]3O[C@H](C)C[C@H](N(C)C)[C@H]3O[C@@H]3O[C@H](CO)[C@H](O)[C@H](O)[C@H]3O)[C@@H](C)C[C@]3(CO3)C(=O)[C@H](C)[C@@H](O)[C@@H](C)[C@@H](C)OC(=O)[C@@H]2C)O[C@@H](C)[C@@H]1O. The Labute approximate surface area is 347 Å². The summed E-state index contributed by atoms with van der Waals surface area (Å²) in [6.07, 6.45) is -16.3. The Hall–Kier alpha value is -1.46. The molecule has 18 nitrogen and oxygen atoms in total. The lowest BCUT2D eigenvalue weighted by molar-refractivity contribution is -0.357. The molecule has 0 unspecified atom stereocenters. The molecule has 0 aromatic rings. The van der Waals surface area contributed by atoms with Crippen LogP contribution in [0.3, 0.4) is 0 Å². The molecule has 1 spiro atoms. The number of esters is 1. The van der Waals surface area contributed by atoms with Gasteiger partial charge in [-0.25, -0.2) is 0 Å². The number of aliphatic hydroxyl groups is 6. The summed E-state index contributed by atoms with van der Waals surface area (Å²) in [5, 5.41) is 64.2. The molecule has 59 heavy (non-hydrogen) atoms. The van der Waals surface area contributed by atoms with E-state index in [1.807, 2.05) is 39.8 Å². The number of methoxy groups -OCH3 is 1. The maximum Gasteiger partial charge on any atom is 0.311 e. The third kappa shape index (κ3) is 10.5. The van der Waals surface area contributed by atoms with Gasteiger partial charge in [-0.15, -0.1) is 0 Å². The second kappa shape index (κ2) is 19.9. The van der Waals surface area contributed by atoms with E-state index in [9.17, 15) is 40.2 Å². The fourth-order valence-electron chi connectivity index (χ4n) is 9.36. The first kappa shape index (κ1) is 48.6. The van der Waals surface area contributed by atoms with Crippen molar-refractivity contribution >= 4 is 11.8 Å². The highest BCUT2D eigenvalue weighted by atomic mass is 16.8. The molecule has 0 aliphatic carbocycles. The second-order valence-corrected chi connectivity index (χ2v) is 18.1. The van der Waals surface area contributed by atoms with Gasteiger partial charge < -0.3 is 78.2 Å². The van der Waals surface area contributed by atoms with Gasteiger partial charge >= 0.3 is 5.97 Å². The minimum Gasteiger partial charge on any atom is -0.462 e. The molecular weight excluding hydrogens is 778 g/mol. The Kier molecular flexibility index (Phi) is 16.4. The van der Waals surface area contributed by atoms with Crippen molar-refractivity contribution in [1.29, 1.82) is 0 Å². The number of likely N-dealkylation sites (N-methyl/N-ethyl adjacent to an activating group) is 1. The van der Waals surface area contributed by atoms with Crippen LogP contribution in [0, 0.1) is 29.6 Å². The van der Waals surface area contributed by atoms with Crippen molar-refractivity contribution in [2.75, 3.05) is 34.4 Å². The number of epoxide rings is 1. The zero-order valence-corrected chi connectivity index (χ0v) is 36.4. The normalized spacial score (nSPS) is 50.7. The highest BCUT2D eigenvalue weighted by Crippen LogP contribution is 2.44. The standard InChI is InChI=1S/C41H71NO17/c1-17-14-41(16-52-41)37(49)20(4)29(44)19(3)23(7)55-38(50)22(6)35(57-28-13-26(51-11)30(45)24(8)54-28)21(5)34(17)58-40-36(25(42(9)10)12-18(2)53-40)59-39-33(48)32(47)31(46)27(15-43)56-39/h17-36,39-40,43-48H,12-16H2,1-11H3/t17-,18+,19-,20+,21+,22+,23+,24-,25-,26-,27+,28-,29-,30-,31-,32-,33+,34-,35-,36+,39-,40-,41-/m0/s1. The minimum absolute atomic E-state index is 0.140. The van der Waals surface area contributed by atoms with E-state index >= 15 is 0 Å². The van der Waals surface area contributed by atoms with Gasteiger partial charge in [-0.2, -0.15) is 0 Å². The van der Waals surface area contributed by atoms with Crippen LogP contribution < -0.4 is 0 Å². The van der Waals surface area contributed by atoms with Gasteiger partial charge in [-0.05, 0) is 60.5 Å². The maximum atomic E-state index is 14.2. The number of ketones is 1. The molecule has 5 aliphatic heterocycles. The predicted molar refractivity (Wildman–Crippen MR) is 206 cm³/mol. The molecule has 5 saturated heterocycles. The summed E-state index contributed by atoms with van der Waals surface area (Å²) in [7, 11) is 5.18. The van der Waals surface area contributed by atoms with Gasteiger partial charge in [0.15, 0.2) is 30.3 Å². The number of Topliss-reactive ketones (excluding diaryl/α,β-unsaturated/α-hetero) is 1. The molecule has 5 fully saturated rings. The molecule has 0 bridgehead atoms. The number of cyclic esters (lactones) is 1. The molecule has 6 N–H and O–H groups in total. The van der Waals surface area contributed by atoms with Gasteiger partial charge in [0.25, 0.3) is 0 Å². The Bertz CT molecular complexity index is 1380. The lowest BCUT2D eigenvalue weighted by atomic mass is 9.76. The van der Waals surface area contributed by atoms with Crippen molar-refractivity contribution in [3.63, 3.8) is 0 Å². The summed E-state index contributed by atoms with van der Waals surface area (Å²) in [5.74, 6) is -4.43. The van der Waals surface area contributed by atoms with Crippen molar-refractivity contribution in [1.82, 2.24) is 4.90 Å². The van der Waals surface area contributed by atoms with Crippen LogP contribution in [0.5, 0.6) is 0 Å². The summed E-state index contributed by atoms with van der Waals surface area (Å²) in [6.45, 7) is 13.6. The number of nitrogens with zero attached hydrogens (tertiary/aromatic N) is 1. The van der Waals surface area contributed by atoms with Gasteiger partial charge in [0, 0.05) is 37.3 Å². The predicted octanol–water partition coefficient (Wildman–Crippen LogP) is -0.267. The van der Waals surface area contributed by atoms with E-state index in [2.05, 4.69) is 0 Å². The van der Waals surface area contributed by atoms with Crippen LogP contribution in [0.2, 0.25) is 0 Å². The van der Waals surface area contributed by atoms with Gasteiger partial charge in [-0.1, -0.05) is 27.7 Å². The monoisotopic (exact) mass is 849 g/mol. The average molecular weight is 850 g/mol. The van der Waals surface area contributed by atoms with Crippen molar-refractivity contribution in [3.05, 3.63) is 0 Å². The van der Waals surface area contributed by atoms with Crippen LogP contribution in [0.1, 0.15) is 74.7 Å². The summed E-state index contributed by atoms with van der Waals surface area (Å²) in [4.78, 5) is 30.2. The van der Waals surface area contributed by atoms with Crippen molar-refractivity contribution in [2.45, 2.75) is 185 Å². The van der Waals surface area contributed by atoms with Crippen molar-refractivity contribution in [3.8, 4) is 0 Å². The average Bonchev–Trinajstić information content (AvgIpc) is 3.98. The molecule has 342 valence electrons. The molecule has 23 atom stereocenters. The summed E-state index contributed by atoms with van der Waals surface area (Å²) in [6, 6.07) is -0.402. The largest absolute Gasteiger partial charge is 0.462 e. The van der Waals surface area contributed by atoms with Crippen LogP contribution in [0.4, 0.5) is 0 Å². The van der Waals surface area contributed by atoms with Gasteiger partial charge in [0.1, 0.15) is 42.7 Å². The first-order valence-corrected chi connectivity index (χ1v) is 21.2. The Balaban J connectivity index is 1.56. The number of rotatable bonds is 9. The first-order chi connectivity index (χ1) is 27.7. The maximum absolute atomic E-state index is 14.2. The summed E-state index contributed by atoms with van der Waals surface area (Å²) < 4.78 is 56.1. The van der Waals surface area contributed by atoms with Crippen LogP contribution >= 0.6 is 0 Å². The molecule has 0 aromatic heterocycles. The quantitative estimate of drug-likeness (QED) is 0.129. The number of hydrogen-bond donors (Lipinski definition) is 6. The van der Waals surface area contributed by atoms with Crippen LogP contribution in [0.15, 0.2) is 0 Å². The number of hydrogen-bond acceptors (Lipinski definition) is 18. The molecule has 0 saturated carbocycles. The van der Waals surface area contributed by atoms with E-state index < -0.39 is 146 Å². The van der Waals surface area contributed by atoms with E-state index in [1.54, 1.807) is 34.6 Å². The fraction of sp³-hybridized carbons (Fsp3) is 0.951. The zero-order valence-electron chi connectivity index (χ0n) is 36.4. The highest BCUT2D eigenvalue weighted by molar-refractivity contribution is 5.92. The smallest absolute Gasteiger partial charge is 0.311 e. The molecular formula is C41H71NO17. The molecule has 5 heterocycles. The lowest BCUT2D eigenvalue weighted by Gasteiger charge is -2.49.